The van der Waals surface area contributed by atoms with E-state index in [0.717, 1.165) is 25.7 Å². The lowest BCUT2D eigenvalue weighted by Gasteiger charge is -2.21. The van der Waals surface area contributed by atoms with Crippen molar-refractivity contribution < 1.29 is 14.8 Å². The van der Waals surface area contributed by atoms with E-state index < -0.39 is 17.5 Å². The van der Waals surface area contributed by atoms with Crippen molar-refractivity contribution in [2.75, 3.05) is 25.0 Å². The van der Waals surface area contributed by atoms with Gasteiger partial charge < -0.3 is 21.3 Å². The molecule has 0 saturated carbocycles. The first-order chi connectivity index (χ1) is 15.3. The summed E-state index contributed by atoms with van der Waals surface area (Å²) < 4.78 is 1.27. The van der Waals surface area contributed by atoms with Crippen molar-refractivity contribution in [1.29, 1.82) is 5.41 Å². The molecule has 2 aliphatic heterocycles. The van der Waals surface area contributed by atoms with Gasteiger partial charge in [-0.25, -0.2) is 4.98 Å². The number of ketones is 1. The van der Waals surface area contributed by atoms with Gasteiger partial charge in [0, 0.05) is 24.5 Å². The average Bonchev–Trinajstić information content (AvgIpc) is 3.36. The zero-order chi connectivity index (χ0) is 23.3. The van der Waals surface area contributed by atoms with Gasteiger partial charge in [0.05, 0.1) is 31.1 Å². The van der Waals surface area contributed by atoms with Gasteiger partial charge >= 0.3 is 0 Å². The summed E-state index contributed by atoms with van der Waals surface area (Å²) in [5.74, 6) is -0.453. The molecule has 11 nitrogen and oxygen atoms in total. The Labute approximate surface area is 186 Å². The third-order valence-electron chi connectivity index (χ3n) is 6.34. The van der Waals surface area contributed by atoms with E-state index in [1.54, 1.807) is 6.92 Å². The third kappa shape index (κ3) is 5.21. The zero-order valence-electron chi connectivity index (χ0n) is 18.5. The monoisotopic (exact) mass is 445 g/mol. The molecule has 0 aliphatic carbocycles. The first-order valence-corrected chi connectivity index (χ1v) is 11.0. The number of carbonyl (C=O) groups is 2. The molecule has 1 atom stereocenters. The predicted octanol–water partition coefficient (Wildman–Crippen LogP) is 0.788. The molecule has 1 aromatic rings. The molecule has 2 aliphatic rings. The first-order valence-electron chi connectivity index (χ1n) is 11.0. The molecule has 1 aromatic heterocycles. The lowest BCUT2D eigenvalue weighted by molar-refractivity contribution is -0.128. The van der Waals surface area contributed by atoms with Crippen LogP contribution in [0.15, 0.2) is 22.3 Å². The minimum Gasteiger partial charge on any atom is -0.411 e. The zero-order valence-corrected chi connectivity index (χ0v) is 18.5. The maximum absolute atomic E-state index is 12.8. The number of anilines is 1. The summed E-state index contributed by atoms with van der Waals surface area (Å²) in [6.45, 7) is 3.49. The lowest BCUT2D eigenvalue weighted by Crippen LogP contribution is -2.42. The predicted molar refractivity (Wildman–Crippen MR) is 120 cm³/mol. The van der Waals surface area contributed by atoms with E-state index in [4.69, 9.17) is 10.6 Å². The summed E-state index contributed by atoms with van der Waals surface area (Å²) in [4.78, 5) is 44.2. The molecule has 174 valence electrons. The van der Waals surface area contributed by atoms with Crippen molar-refractivity contribution >= 4 is 28.9 Å². The van der Waals surface area contributed by atoms with E-state index in [0.29, 0.717) is 25.0 Å². The number of rotatable bonds is 11. The quantitative estimate of drug-likeness (QED) is 0.223. The average molecular weight is 446 g/mol. The number of hydrogen-bond donors (Lipinski definition) is 4. The number of nitrogens with zero attached hydrogens (tertiary/aromatic N) is 4. The van der Waals surface area contributed by atoms with Gasteiger partial charge in [-0.3, -0.25) is 23.9 Å². The number of aromatic nitrogens is 2. The van der Waals surface area contributed by atoms with Crippen LogP contribution in [-0.4, -0.2) is 74.5 Å². The first kappa shape index (κ1) is 23.6. The Kier molecular flexibility index (Phi) is 7.73. The van der Waals surface area contributed by atoms with E-state index in [-0.39, 0.29) is 36.1 Å². The molecule has 4 N–H and O–H groups in total. The second-order valence-electron chi connectivity index (χ2n) is 8.32. The van der Waals surface area contributed by atoms with Gasteiger partial charge in [-0.15, -0.1) is 0 Å². The molecular weight excluding hydrogens is 414 g/mol. The van der Waals surface area contributed by atoms with Crippen LogP contribution in [0.3, 0.4) is 0 Å². The summed E-state index contributed by atoms with van der Waals surface area (Å²) in [7, 11) is 0. The number of hydrogen-bond acceptors (Lipinski definition) is 9. The Hall–Kier alpha value is -3.08. The minimum atomic E-state index is -0.790. The molecule has 11 heteroatoms. The normalized spacial score (nSPS) is 21.4. The molecule has 0 aromatic carbocycles. The van der Waals surface area contributed by atoms with Gasteiger partial charge in [-0.1, -0.05) is 12.1 Å². The summed E-state index contributed by atoms with van der Waals surface area (Å²) in [5.41, 5.74) is -0.397. The van der Waals surface area contributed by atoms with E-state index in [2.05, 4.69) is 25.7 Å². The maximum atomic E-state index is 12.8. The van der Waals surface area contributed by atoms with Crippen molar-refractivity contribution in [3.63, 3.8) is 0 Å². The second kappa shape index (κ2) is 10.5. The van der Waals surface area contributed by atoms with Crippen molar-refractivity contribution in [1.82, 2.24) is 19.8 Å². The number of fused-ring (bicyclic) bond motifs is 2. The fraction of sp³-hybridized carbons (Fsp3) is 0.619. The standard InChI is InChI=1S/C21H31N7O4/c1-3-18(20(30)25-10-16(29)12-28-14-4-5-15(28)7-6-14)27-9-8-23-19(21(27)31)24-11-17(22)13(2)26-32/h8-9,14-15,18,22,32H,3-7,10-12H2,1-2H3,(H,23,24)(H,25,30)/b22-17?,26-13-/t14?,15?,18-/m0/s1. The molecule has 0 spiro atoms. The van der Waals surface area contributed by atoms with Crippen molar-refractivity contribution in [3.05, 3.63) is 22.7 Å². The fourth-order valence-corrected chi connectivity index (χ4v) is 4.50. The molecule has 1 amide bonds. The van der Waals surface area contributed by atoms with Gasteiger partial charge in [-0.2, -0.15) is 0 Å². The SMILES string of the molecule is CC[C@@H](C(=O)NCC(=O)CN1C2CCC1CC2)n1ccnc(NCC(=N)/C(C)=N\O)c1=O. The third-order valence-corrected chi connectivity index (χ3v) is 6.34. The highest BCUT2D eigenvalue weighted by Gasteiger charge is 2.39. The second-order valence-corrected chi connectivity index (χ2v) is 8.32. The number of nitrogens with one attached hydrogen (secondary N) is 3. The Morgan fingerprint density at radius 3 is 2.53 bits per heavy atom. The Balaban J connectivity index is 1.59. The van der Waals surface area contributed by atoms with E-state index in [9.17, 15) is 14.4 Å². The summed E-state index contributed by atoms with van der Waals surface area (Å²) in [6, 6.07) is 0.207. The van der Waals surface area contributed by atoms with Crippen LogP contribution in [0.5, 0.6) is 0 Å². The van der Waals surface area contributed by atoms with Crippen LogP contribution in [0, 0.1) is 5.41 Å². The maximum Gasteiger partial charge on any atom is 0.294 e. The topological polar surface area (TPSA) is 153 Å². The lowest BCUT2D eigenvalue weighted by atomic mass is 10.0. The summed E-state index contributed by atoms with van der Waals surface area (Å²) in [6.07, 6.45) is 7.77. The van der Waals surface area contributed by atoms with Gasteiger partial charge in [0.1, 0.15) is 6.04 Å². The van der Waals surface area contributed by atoms with E-state index in [1.807, 2.05) is 0 Å². The Morgan fingerprint density at radius 2 is 1.94 bits per heavy atom. The minimum absolute atomic E-state index is 0.00107. The van der Waals surface area contributed by atoms with Crippen molar-refractivity contribution in [2.24, 2.45) is 5.16 Å². The van der Waals surface area contributed by atoms with Crippen LogP contribution in [0.1, 0.15) is 52.0 Å². The van der Waals surface area contributed by atoms with Crippen LogP contribution in [0.2, 0.25) is 0 Å². The number of amides is 1. The van der Waals surface area contributed by atoms with Crippen LogP contribution in [0.25, 0.3) is 0 Å². The van der Waals surface area contributed by atoms with E-state index >= 15 is 0 Å². The molecule has 2 saturated heterocycles. The molecule has 0 unspecified atom stereocenters. The summed E-state index contributed by atoms with van der Waals surface area (Å²) >= 11 is 0. The van der Waals surface area contributed by atoms with Crippen LogP contribution in [-0.2, 0) is 9.59 Å². The van der Waals surface area contributed by atoms with Crippen LogP contribution < -0.4 is 16.2 Å². The fourth-order valence-electron chi connectivity index (χ4n) is 4.50. The molecule has 2 bridgehead atoms. The highest BCUT2D eigenvalue weighted by Crippen LogP contribution is 2.36. The van der Waals surface area contributed by atoms with Gasteiger partial charge in [0.2, 0.25) is 5.91 Å². The molecule has 2 fully saturated rings. The van der Waals surface area contributed by atoms with Crippen molar-refractivity contribution in [2.45, 2.75) is 64.1 Å². The van der Waals surface area contributed by atoms with Gasteiger partial charge in [0.15, 0.2) is 11.6 Å². The van der Waals surface area contributed by atoms with Gasteiger partial charge in [0.25, 0.3) is 5.56 Å². The summed E-state index contributed by atoms with van der Waals surface area (Å²) in [5, 5.41) is 24.9. The highest BCUT2D eigenvalue weighted by molar-refractivity contribution is 6.41. The molecular formula is C21H31N7O4. The Bertz CT molecular complexity index is 938. The number of Topliss-reactive ketones (excluding diaryl/α,β-unsaturated/α-hetero) is 1. The number of carbonyl (C=O) groups excluding carboxylic acids is 2. The Morgan fingerprint density at radius 1 is 1.28 bits per heavy atom. The van der Waals surface area contributed by atoms with Crippen LogP contribution in [0.4, 0.5) is 5.82 Å². The molecule has 3 heterocycles. The molecule has 0 radical (unpaired) electrons. The van der Waals surface area contributed by atoms with E-state index in [1.165, 1.54) is 23.9 Å². The van der Waals surface area contributed by atoms with Crippen LogP contribution >= 0.6 is 0 Å². The van der Waals surface area contributed by atoms with Gasteiger partial charge in [-0.05, 0) is 39.0 Å². The smallest absolute Gasteiger partial charge is 0.294 e. The molecule has 32 heavy (non-hydrogen) atoms. The van der Waals surface area contributed by atoms with Crippen molar-refractivity contribution in [3.8, 4) is 0 Å². The number of oxime groups is 1. The highest BCUT2D eigenvalue weighted by atomic mass is 16.4. The molecule has 3 rings (SSSR count). The largest absolute Gasteiger partial charge is 0.411 e.